The lowest BCUT2D eigenvalue weighted by atomic mass is 10.1. The normalized spacial score (nSPS) is 17.8. The van der Waals surface area contributed by atoms with Gasteiger partial charge in [-0.05, 0) is 30.2 Å². The zero-order valence-electron chi connectivity index (χ0n) is 15.0. The van der Waals surface area contributed by atoms with E-state index in [1.807, 2.05) is 30.3 Å². The highest BCUT2D eigenvalue weighted by atomic mass is 35.5. The van der Waals surface area contributed by atoms with Crippen molar-refractivity contribution < 1.29 is 18.0 Å². The highest BCUT2D eigenvalue weighted by Gasteiger charge is 2.34. The summed E-state index contributed by atoms with van der Waals surface area (Å²) >= 11 is 6.04. The maximum absolute atomic E-state index is 12.9. The van der Waals surface area contributed by atoms with E-state index in [9.17, 15) is 18.0 Å². The summed E-state index contributed by atoms with van der Waals surface area (Å²) in [6.45, 7) is 0.278. The third-order valence-corrected chi connectivity index (χ3v) is 6.65. The molecule has 0 bridgehead atoms. The molecule has 1 fully saturated rings. The molecule has 9 heteroatoms. The number of halogens is 1. The Balaban J connectivity index is 1.82. The minimum absolute atomic E-state index is 0.0609. The molecule has 3 amide bonds. The molecular weight excluding hydrogens is 402 g/mol. The molecule has 0 aliphatic carbocycles. The van der Waals surface area contributed by atoms with E-state index in [0.29, 0.717) is 12.1 Å². The number of carbonyl (C=O) groups is 2. The molecule has 28 heavy (non-hydrogen) atoms. The van der Waals surface area contributed by atoms with E-state index in [1.54, 1.807) is 0 Å². The van der Waals surface area contributed by atoms with Crippen LogP contribution in [-0.2, 0) is 16.4 Å². The van der Waals surface area contributed by atoms with E-state index in [-0.39, 0.29) is 28.6 Å². The fourth-order valence-electron chi connectivity index (χ4n) is 3.16. The van der Waals surface area contributed by atoms with Crippen molar-refractivity contribution in [2.45, 2.75) is 19.0 Å². The Morgan fingerprint density at radius 2 is 1.89 bits per heavy atom. The summed E-state index contributed by atoms with van der Waals surface area (Å²) in [4.78, 5) is 25.7. The van der Waals surface area contributed by atoms with E-state index >= 15 is 0 Å². The molecule has 1 aliphatic heterocycles. The van der Waals surface area contributed by atoms with Gasteiger partial charge in [-0.2, -0.15) is 0 Å². The number of nitrogens with zero attached hydrogens (tertiary/aromatic N) is 1. The average molecular weight is 422 g/mol. The number of carbonyl (C=O) groups excluding carboxylic acids is 2. The lowest BCUT2D eigenvalue weighted by Crippen LogP contribution is -2.43. The van der Waals surface area contributed by atoms with Gasteiger partial charge in [-0.25, -0.2) is 13.2 Å². The van der Waals surface area contributed by atoms with Crippen LogP contribution < -0.4 is 11.1 Å². The van der Waals surface area contributed by atoms with Crippen LogP contribution >= 0.6 is 11.6 Å². The van der Waals surface area contributed by atoms with Gasteiger partial charge >= 0.3 is 6.03 Å². The number of rotatable bonds is 5. The minimum Gasteiger partial charge on any atom is -0.366 e. The van der Waals surface area contributed by atoms with E-state index in [2.05, 4.69) is 5.32 Å². The summed E-state index contributed by atoms with van der Waals surface area (Å²) in [6, 6.07) is 12.9. The number of nitrogens with one attached hydrogen (secondary N) is 1. The molecule has 148 valence electrons. The molecular formula is C19H20ClN3O4S. The zero-order chi connectivity index (χ0) is 20.3. The summed E-state index contributed by atoms with van der Waals surface area (Å²) in [5.41, 5.74) is 6.67. The van der Waals surface area contributed by atoms with Crippen LogP contribution in [0, 0.1) is 0 Å². The van der Waals surface area contributed by atoms with Gasteiger partial charge in [-0.15, -0.1) is 0 Å². The molecule has 2 aromatic carbocycles. The van der Waals surface area contributed by atoms with Gasteiger partial charge < -0.3 is 16.0 Å². The summed E-state index contributed by atoms with van der Waals surface area (Å²) in [6.07, 6.45) is 0.393. The Morgan fingerprint density at radius 3 is 2.46 bits per heavy atom. The Labute approximate surface area is 168 Å². The van der Waals surface area contributed by atoms with E-state index in [0.717, 1.165) is 5.56 Å². The van der Waals surface area contributed by atoms with Gasteiger partial charge in [-0.1, -0.05) is 41.9 Å². The smallest absolute Gasteiger partial charge is 0.322 e. The van der Waals surface area contributed by atoms with Crippen molar-refractivity contribution in [3.63, 3.8) is 0 Å². The number of urea groups is 1. The first kappa shape index (κ1) is 20.2. The van der Waals surface area contributed by atoms with Crippen molar-refractivity contribution in [1.29, 1.82) is 0 Å². The fourth-order valence-corrected chi connectivity index (χ4v) is 5.16. The van der Waals surface area contributed by atoms with Gasteiger partial charge in [0, 0.05) is 18.3 Å². The molecule has 0 radical (unpaired) electrons. The maximum Gasteiger partial charge on any atom is 0.322 e. The fraction of sp³-hybridized carbons (Fsp3) is 0.263. The van der Waals surface area contributed by atoms with Crippen LogP contribution in [0.3, 0.4) is 0 Å². The second-order valence-corrected chi connectivity index (χ2v) is 9.30. The molecule has 2 aromatic rings. The topological polar surface area (TPSA) is 110 Å². The van der Waals surface area contributed by atoms with Crippen molar-refractivity contribution in [2.24, 2.45) is 5.73 Å². The predicted octanol–water partition coefficient (Wildman–Crippen LogP) is 2.66. The number of amides is 3. The van der Waals surface area contributed by atoms with Crippen molar-refractivity contribution in [3.8, 4) is 0 Å². The largest absolute Gasteiger partial charge is 0.366 e. The first-order valence-electron chi connectivity index (χ1n) is 8.66. The highest BCUT2D eigenvalue weighted by molar-refractivity contribution is 7.91. The van der Waals surface area contributed by atoms with Crippen LogP contribution in [0.15, 0.2) is 48.5 Å². The molecule has 7 nitrogen and oxygen atoms in total. The molecule has 0 spiro atoms. The number of benzene rings is 2. The molecule has 3 N–H and O–H groups in total. The second-order valence-electron chi connectivity index (χ2n) is 6.66. The summed E-state index contributed by atoms with van der Waals surface area (Å²) in [5.74, 6) is -0.658. The van der Waals surface area contributed by atoms with Crippen LogP contribution in [0.2, 0.25) is 5.02 Å². The lowest BCUT2D eigenvalue weighted by molar-refractivity contribution is 0.100. The number of hydrogen-bond acceptors (Lipinski definition) is 4. The third kappa shape index (κ3) is 4.82. The lowest BCUT2D eigenvalue weighted by Gasteiger charge is -2.28. The van der Waals surface area contributed by atoms with Crippen LogP contribution in [-0.4, -0.2) is 42.8 Å². The second kappa shape index (κ2) is 8.20. The van der Waals surface area contributed by atoms with Crippen molar-refractivity contribution >= 4 is 39.1 Å². The molecule has 1 heterocycles. The number of primary amides is 1. The molecule has 1 saturated heterocycles. The van der Waals surface area contributed by atoms with Crippen molar-refractivity contribution in [3.05, 3.63) is 64.7 Å². The highest BCUT2D eigenvalue weighted by Crippen LogP contribution is 2.24. The first-order valence-corrected chi connectivity index (χ1v) is 10.9. The number of nitrogens with two attached hydrogens (primary N) is 1. The molecule has 1 aliphatic rings. The third-order valence-electron chi connectivity index (χ3n) is 4.59. The Kier molecular flexibility index (Phi) is 5.90. The van der Waals surface area contributed by atoms with Crippen LogP contribution in [0.1, 0.15) is 22.3 Å². The quantitative estimate of drug-likeness (QED) is 0.773. The van der Waals surface area contributed by atoms with Gasteiger partial charge in [0.2, 0.25) is 5.91 Å². The van der Waals surface area contributed by atoms with Crippen molar-refractivity contribution in [1.82, 2.24) is 4.90 Å². The van der Waals surface area contributed by atoms with Crippen LogP contribution in [0.4, 0.5) is 10.5 Å². The Bertz CT molecular complexity index is 995. The number of anilines is 1. The van der Waals surface area contributed by atoms with Crippen LogP contribution in [0.25, 0.3) is 0 Å². The number of sulfone groups is 1. The van der Waals surface area contributed by atoms with E-state index in [4.69, 9.17) is 17.3 Å². The van der Waals surface area contributed by atoms with Crippen molar-refractivity contribution in [2.75, 3.05) is 16.8 Å². The molecule has 0 unspecified atom stereocenters. The Hall–Kier alpha value is -2.58. The summed E-state index contributed by atoms with van der Waals surface area (Å²) in [7, 11) is -3.16. The number of hydrogen-bond donors (Lipinski definition) is 2. The standard InChI is InChI=1S/C19H20ClN3O4S/c20-17-10-14(6-7-16(17)18(21)24)22-19(25)23(11-13-4-2-1-3-5-13)15-8-9-28(26,27)12-15/h1-7,10,15H,8-9,11-12H2,(H2,21,24)(H,22,25)/t15-/m1/s1. The van der Waals surface area contributed by atoms with Gasteiger partial charge in [-0.3, -0.25) is 4.79 Å². The molecule has 3 rings (SSSR count). The van der Waals surface area contributed by atoms with Gasteiger partial charge in [0.15, 0.2) is 9.84 Å². The minimum atomic E-state index is -3.16. The monoisotopic (exact) mass is 421 g/mol. The predicted molar refractivity (Wildman–Crippen MR) is 108 cm³/mol. The van der Waals surface area contributed by atoms with Crippen LogP contribution in [0.5, 0.6) is 0 Å². The zero-order valence-corrected chi connectivity index (χ0v) is 16.5. The molecule has 0 aromatic heterocycles. The van der Waals surface area contributed by atoms with E-state index < -0.39 is 27.8 Å². The summed E-state index contributed by atoms with van der Waals surface area (Å²) < 4.78 is 23.8. The molecule has 1 atom stereocenters. The average Bonchev–Trinajstić information content (AvgIpc) is 2.99. The van der Waals surface area contributed by atoms with Gasteiger partial charge in [0.05, 0.1) is 22.1 Å². The van der Waals surface area contributed by atoms with Gasteiger partial charge in [0.1, 0.15) is 0 Å². The first-order chi connectivity index (χ1) is 13.2. The maximum atomic E-state index is 12.9. The SMILES string of the molecule is NC(=O)c1ccc(NC(=O)N(Cc2ccccc2)[C@@H]2CCS(=O)(=O)C2)cc1Cl. The molecule has 0 saturated carbocycles. The summed E-state index contributed by atoms with van der Waals surface area (Å²) in [5, 5.41) is 2.86. The van der Waals surface area contributed by atoms with Gasteiger partial charge in [0.25, 0.3) is 0 Å². The Morgan fingerprint density at radius 1 is 1.18 bits per heavy atom. The van der Waals surface area contributed by atoms with E-state index in [1.165, 1.54) is 23.1 Å².